The van der Waals surface area contributed by atoms with Crippen molar-refractivity contribution in [2.45, 2.75) is 0 Å². The molecule has 0 bridgehead atoms. The van der Waals surface area contributed by atoms with Crippen LogP contribution in [0.3, 0.4) is 0 Å². The zero-order valence-corrected chi connectivity index (χ0v) is 12.2. The first kappa shape index (κ1) is 13.9. The first-order valence-electron chi connectivity index (χ1n) is 6.77. The van der Waals surface area contributed by atoms with Crippen molar-refractivity contribution >= 4 is 16.9 Å². The molecule has 2 aromatic heterocycles. The van der Waals surface area contributed by atoms with E-state index in [1.807, 2.05) is 30.3 Å². The predicted molar refractivity (Wildman–Crippen MR) is 83.4 cm³/mol. The minimum atomic E-state index is -0.287. The molecule has 0 radical (unpaired) electrons. The van der Waals surface area contributed by atoms with E-state index in [9.17, 15) is 9.59 Å². The molecule has 0 atom stereocenters. The number of hydrogen-bond donors (Lipinski definition) is 1. The van der Waals surface area contributed by atoms with Crippen molar-refractivity contribution in [1.82, 2.24) is 14.6 Å². The lowest BCUT2D eigenvalue weighted by Gasteiger charge is -2.09. The van der Waals surface area contributed by atoms with Crippen LogP contribution in [-0.2, 0) is 0 Å². The second kappa shape index (κ2) is 5.40. The number of nitrogens with one attached hydrogen (secondary N) is 1. The normalized spacial score (nSPS) is 10.6. The highest BCUT2D eigenvalue weighted by Crippen LogP contribution is 2.20. The van der Waals surface area contributed by atoms with Gasteiger partial charge in [-0.05, 0) is 24.3 Å². The highest BCUT2D eigenvalue weighted by Gasteiger charge is 2.18. The Morgan fingerprint density at radius 1 is 1.09 bits per heavy atom. The van der Waals surface area contributed by atoms with Crippen LogP contribution >= 0.6 is 0 Å². The van der Waals surface area contributed by atoms with E-state index in [1.54, 1.807) is 23.7 Å². The molecule has 6 nitrogen and oxygen atoms in total. The summed E-state index contributed by atoms with van der Waals surface area (Å²) in [6, 6.07) is 14.0. The van der Waals surface area contributed by atoms with Gasteiger partial charge in [-0.3, -0.25) is 14.2 Å². The molecule has 0 unspecified atom stereocenters. The zero-order chi connectivity index (χ0) is 15.7. The lowest BCUT2D eigenvalue weighted by molar-refractivity contribution is 0.0912. The molecule has 1 aromatic carbocycles. The second-order valence-corrected chi connectivity index (χ2v) is 4.70. The second-order valence-electron chi connectivity index (χ2n) is 4.70. The number of amides is 1. The Hall–Kier alpha value is -3.02. The van der Waals surface area contributed by atoms with Crippen molar-refractivity contribution < 1.29 is 9.63 Å². The number of pyridine rings is 1. The molecule has 0 saturated heterocycles. The summed E-state index contributed by atoms with van der Waals surface area (Å²) >= 11 is 0. The fourth-order valence-corrected chi connectivity index (χ4v) is 2.50. The van der Waals surface area contributed by atoms with E-state index in [4.69, 9.17) is 4.84 Å². The molecule has 0 spiro atoms. The maximum atomic E-state index is 12.3. The molecule has 6 heteroatoms. The van der Waals surface area contributed by atoms with Crippen LogP contribution in [0.4, 0.5) is 0 Å². The number of hydrogen-bond acceptors (Lipinski definition) is 3. The van der Waals surface area contributed by atoms with Gasteiger partial charge in [-0.25, -0.2) is 0 Å². The van der Waals surface area contributed by atoms with E-state index < -0.39 is 0 Å². The van der Waals surface area contributed by atoms with Crippen LogP contribution in [0.5, 0.6) is 0 Å². The third kappa shape index (κ3) is 2.05. The third-order valence-electron chi connectivity index (χ3n) is 3.48. The number of fused-ring (bicyclic) bond motifs is 1. The van der Waals surface area contributed by atoms with Gasteiger partial charge in [0, 0.05) is 18.8 Å². The Bertz CT molecular complexity index is 894. The van der Waals surface area contributed by atoms with Crippen LogP contribution in [0.1, 0.15) is 10.5 Å². The van der Waals surface area contributed by atoms with Crippen LogP contribution in [0, 0.1) is 0 Å². The van der Waals surface area contributed by atoms with E-state index in [0.29, 0.717) is 16.7 Å². The van der Waals surface area contributed by atoms with Crippen molar-refractivity contribution in [2.75, 3.05) is 14.2 Å². The standard InChI is InChI=1S/C16H15N3O3/c1-17-16(21)14-10-13-12(19(14)22-2)8-9-15(20)18(13)11-6-4-3-5-7-11/h3-10H,1-2H3,(H,17,21). The quantitative estimate of drug-likeness (QED) is 0.790. The maximum absolute atomic E-state index is 12.3. The summed E-state index contributed by atoms with van der Waals surface area (Å²) < 4.78 is 2.96. The molecule has 0 saturated carbocycles. The van der Waals surface area contributed by atoms with Gasteiger partial charge in [-0.15, -0.1) is 0 Å². The average Bonchev–Trinajstić information content (AvgIpc) is 2.93. The number of rotatable bonds is 3. The van der Waals surface area contributed by atoms with Gasteiger partial charge in [0.25, 0.3) is 11.5 Å². The van der Waals surface area contributed by atoms with Gasteiger partial charge in [0.05, 0.1) is 5.52 Å². The maximum Gasteiger partial charge on any atom is 0.271 e. The number of aromatic nitrogens is 2. The van der Waals surface area contributed by atoms with Crippen molar-refractivity contribution in [1.29, 1.82) is 0 Å². The van der Waals surface area contributed by atoms with Crippen LogP contribution in [0.15, 0.2) is 53.3 Å². The first-order valence-corrected chi connectivity index (χ1v) is 6.77. The number of carbonyl (C=O) groups excluding carboxylic acids is 1. The monoisotopic (exact) mass is 297 g/mol. The average molecular weight is 297 g/mol. The summed E-state index contributed by atoms with van der Waals surface area (Å²) in [5.74, 6) is -0.287. The number of para-hydroxylation sites is 1. The molecule has 2 heterocycles. The topological polar surface area (TPSA) is 65.3 Å². The molecule has 0 fully saturated rings. The molecule has 22 heavy (non-hydrogen) atoms. The fraction of sp³-hybridized carbons (Fsp3) is 0.125. The van der Waals surface area contributed by atoms with E-state index in [-0.39, 0.29) is 11.5 Å². The van der Waals surface area contributed by atoms with E-state index >= 15 is 0 Å². The third-order valence-corrected chi connectivity index (χ3v) is 3.48. The fourth-order valence-electron chi connectivity index (χ4n) is 2.50. The molecule has 3 rings (SSSR count). The lowest BCUT2D eigenvalue weighted by Crippen LogP contribution is -2.23. The van der Waals surface area contributed by atoms with Gasteiger partial charge in [-0.1, -0.05) is 18.2 Å². The van der Waals surface area contributed by atoms with Gasteiger partial charge in [0.2, 0.25) is 0 Å². The van der Waals surface area contributed by atoms with Crippen LogP contribution in [0.2, 0.25) is 0 Å². The predicted octanol–water partition coefficient (Wildman–Crippen LogP) is 1.21. The first-order chi connectivity index (χ1) is 10.7. The molecule has 0 aliphatic carbocycles. The largest absolute Gasteiger partial charge is 0.416 e. The number of nitrogens with zero attached hydrogens (tertiary/aromatic N) is 2. The van der Waals surface area contributed by atoms with E-state index in [2.05, 4.69) is 5.32 Å². The molecular formula is C16H15N3O3. The van der Waals surface area contributed by atoms with Crippen LogP contribution in [-0.4, -0.2) is 29.4 Å². The smallest absolute Gasteiger partial charge is 0.271 e. The molecular weight excluding hydrogens is 282 g/mol. The van der Waals surface area contributed by atoms with Crippen LogP contribution in [0.25, 0.3) is 16.7 Å². The van der Waals surface area contributed by atoms with Crippen molar-refractivity contribution in [3.05, 3.63) is 64.6 Å². The zero-order valence-electron chi connectivity index (χ0n) is 12.2. The highest BCUT2D eigenvalue weighted by atomic mass is 16.6. The molecule has 0 aliphatic rings. The summed E-state index contributed by atoms with van der Waals surface area (Å²) in [5, 5.41) is 2.56. The van der Waals surface area contributed by atoms with E-state index in [1.165, 1.54) is 17.9 Å². The summed E-state index contributed by atoms with van der Waals surface area (Å²) in [7, 11) is 3.02. The van der Waals surface area contributed by atoms with Gasteiger partial charge >= 0.3 is 0 Å². The lowest BCUT2D eigenvalue weighted by atomic mass is 10.2. The minimum Gasteiger partial charge on any atom is -0.416 e. The SMILES string of the molecule is CNC(=O)c1cc2c(ccc(=O)n2-c2ccccc2)n1OC. The Labute approximate surface area is 126 Å². The van der Waals surface area contributed by atoms with Gasteiger partial charge in [-0.2, -0.15) is 4.73 Å². The minimum absolute atomic E-state index is 0.171. The molecule has 1 amide bonds. The molecule has 1 N–H and O–H groups in total. The summed E-state index contributed by atoms with van der Waals surface area (Å²) in [4.78, 5) is 29.6. The number of benzene rings is 1. The summed E-state index contributed by atoms with van der Waals surface area (Å²) in [6.45, 7) is 0. The molecule has 0 aliphatic heterocycles. The van der Waals surface area contributed by atoms with Crippen LogP contribution < -0.4 is 15.7 Å². The highest BCUT2D eigenvalue weighted by molar-refractivity contribution is 5.97. The molecule has 112 valence electrons. The summed E-state index contributed by atoms with van der Waals surface area (Å²) in [5.41, 5.74) is 2.14. The van der Waals surface area contributed by atoms with Crippen molar-refractivity contribution in [2.24, 2.45) is 0 Å². The Balaban J connectivity index is 2.39. The van der Waals surface area contributed by atoms with Gasteiger partial charge in [0.15, 0.2) is 0 Å². The Kier molecular flexibility index (Phi) is 3.42. The van der Waals surface area contributed by atoms with E-state index in [0.717, 1.165) is 5.69 Å². The van der Waals surface area contributed by atoms with Gasteiger partial charge in [0.1, 0.15) is 18.3 Å². The Morgan fingerprint density at radius 2 is 1.82 bits per heavy atom. The Morgan fingerprint density at radius 3 is 2.45 bits per heavy atom. The summed E-state index contributed by atoms with van der Waals surface area (Å²) in [6.07, 6.45) is 0. The number of carbonyl (C=O) groups is 1. The molecule has 3 aromatic rings. The van der Waals surface area contributed by atoms with Gasteiger partial charge < -0.3 is 10.2 Å². The van der Waals surface area contributed by atoms with Crippen molar-refractivity contribution in [3.8, 4) is 5.69 Å². The van der Waals surface area contributed by atoms with Crippen molar-refractivity contribution in [3.63, 3.8) is 0 Å².